The summed E-state index contributed by atoms with van der Waals surface area (Å²) in [5.74, 6) is 0. The number of nitrogens with zero attached hydrogens (tertiary/aromatic N) is 1. The Labute approximate surface area is 119 Å². The van der Waals surface area contributed by atoms with Gasteiger partial charge >= 0.3 is 0 Å². The van der Waals surface area contributed by atoms with E-state index in [1.165, 1.54) is 27.7 Å². The van der Waals surface area contributed by atoms with Crippen molar-refractivity contribution in [3.8, 4) is 6.07 Å². The van der Waals surface area contributed by atoms with Gasteiger partial charge in [0.2, 0.25) is 0 Å². The van der Waals surface area contributed by atoms with Crippen LogP contribution in [0.4, 0.5) is 0 Å². The molecular formula is C19H17N. The molecule has 2 aromatic carbocycles. The molecule has 1 heteroatoms. The summed E-state index contributed by atoms with van der Waals surface area (Å²) in [6, 6.07) is 14.8. The fraction of sp³-hybridized carbons (Fsp3) is 0.211. The van der Waals surface area contributed by atoms with Gasteiger partial charge < -0.3 is 0 Å². The molecule has 2 aromatic rings. The second-order valence-electron chi connectivity index (χ2n) is 5.54. The summed E-state index contributed by atoms with van der Waals surface area (Å²) < 4.78 is 0. The molecule has 0 bridgehead atoms. The van der Waals surface area contributed by atoms with E-state index in [1.807, 2.05) is 18.2 Å². The first-order valence-corrected chi connectivity index (χ1v) is 6.91. The minimum Gasteiger partial charge on any atom is -0.192 e. The Bertz CT molecular complexity index is 813. The number of rotatable bonds is 1. The van der Waals surface area contributed by atoms with E-state index in [1.54, 1.807) is 0 Å². The second kappa shape index (κ2) is 4.65. The highest BCUT2D eigenvalue weighted by Gasteiger charge is 2.19. The van der Waals surface area contributed by atoms with Crippen LogP contribution in [0.15, 0.2) is 53.1 Å². The zero-order valence-corrected chi connectivity index (χ0v) is 12.1. The molecule has 0 amide bonds. The van der Waals surface area contributed by atoms with Gasteiger partial charge in [-0.05, 0) is 72.4 Å². The van der Waals surface area contributed by atoms with Crippen LogP contribution in [0.25, 0.3) is 16.3 Å². The fourth-order valence-electron chi connectivity index (χ4n) is 2.96. The van der Waals surface area contributed by atoms with Gasteiger partial charge in [-0.2, -0.15) is 5.26 Å². The maximum Gasteiger partial charge on any atom is 0.0998 e. The Kier molecular flexibility index (Phi) is 2.95. The number of benzene rings is 2. The third-order valence-corrected chi connectivity index (χ3v) is 4.43. The van der Waals surface area contributed by atoms with Gasteiger partial charge in [0.1, 0.15) is 0 Å². The molecule has 0 aromatic heterocycles. The van der Waals surface area contributed by atoms with Gasteiger partial charge in [-0.1, -0.05) is 29.8 Å². The zero-order valence-electron chi connectivity index (χ0n) is 12.1. The van der Waals surface area contributed by atoms with Crippen molar-refractivity contribution in [1.29, 1.82) is 5.26 Å². The first-order chi connectivity index (χ1) is 9.61. The molecule has 1 aliphatic rings. The molecular weight excluding hydrogens is 242 g/mol. The maximum absolute atomic E-state index is 9.47. The van der Waals surface area contributed by atoms with Crippen molar-refractivity contribution in [3.05, 3.63) is 64.2 Å². The molecule has 0 N–H and O–H groups in total. The standard InChI is InChI=1S/C19H17N/c1-12-8-18(14(3)13(12)2)19-10-16-7-5-4-6-15(16)9-17(19)11-20/h4-7,9-10H,8H2,1-3H3. The Morgan fingerprint density at radius 1 is 0.950 bits per heavy atom. The highest BCUT2D eigenvalue weighted by Crippen LogP contribution is 2.39. The van der Waals surface area contributed by atoms with Crippen molar-refractivity contribution < 1.29 is 0 Å². The van der Waals surface area contributed by atoms with Crippen LogP contribution in [0.2, 0.25) is 0 Å². The second-order valence-corrected chi connectivity index (χ2v) is 5.54. The topological polar surface area (TPSA) is 23.8 Å². The molecule has 3 rings (SSSR count). The van der Waals surface area contributed by atoms with Gasteiger partial charge in [0, 0.05) is 0 Å². The Morgan fingerprint density at radius 3 is 2.15 bits per heavy atom. The molecule has 0 spiro atoms. The highest BCUT2D eigenvalue weighted by atomic mass is 14.3. The van der Waals surface area contributed by atoms with E-state index >= 15 is 0 Å². The van der Waals surface area contributed by atoms with Gasteiger partial charge in [-0.15, -0.1) is 0 Å². The largest absolute Gasteiger partial charge is 0.192 e. The van der Waals surface area contributed by atoms with Crippen LogP contribution < -0.4 is 0 Å². The lowest BCUT2D eigenvalue weighted by molar-refractivity contribution is 1.22. The maximum atomic E-state index is 9.47. The van der Waals surface area contributed by atoms with Crippen molar-refractivity contribution in [3.63, 3.8) is 0 Å². The van der Waals surface area contributed by atoms with Crippen LogP contribution in [0, 0.1) is 11.3 Å². The highest BCUT2D eigenvalue weighted by molar-refractivity contribution is 5.91. The SMILES string of the molecule is CC1=C(C)C(C)=C(c2cc3ccccc3cc2C#N)C1. The quantitative estimate of drug-likeness (QED) is 0.688. The minimum atomic E-state index is 0.778. The Hall–Kier alpha value is -2.33. The zero-order chi connectivity index (χ0) is 14.3. The lowest BCUT2D eigenvalue weighted by Crippen LogP contribution is -1.91. The van der Waals surface area contributed by atoms with Gasteiger partial charge in [0.15, 0.2) is 0 Å². The van der Waals surface area contributed by atoms with Gasteiger partial charge in [-0.25, -0.2) is 0 Å². The average molecular weight is 259 g/mol. The van der Waals surface area contributed by atoms with E-state index in [9.17, 15) is 5.26 Å². The molecule has 0 radical (unpaired) electrons. The predicted molar refractivity (Wildman–Crippen MR) is 84.2 cm³/mol. The van der Waals surface area contributed by atoms with Crippen molar-refractivity contribution in [1.82, 2.24) is 0 Å². The lowest BCUT2D eigenvalue weighted by Gasteiger charge is -2.10. The Balaban J connectivity index is 2.25. The molecule has 0 unspecified atom stereocenters. The van der Waals surface area contributed by atoms with E-state index in [2.05, 4.69) is 45.0 Å². The normalized spacial score (nSPS) is 15.1. The van der Waals surface area contributed by atoms with Crippen LogP contribution >= 0.6 is 0 Å². The molecule has 0 aliphatic heterocycles. The van der Waals surface area contributed by atoms with Crippen molar-refractivity contribution >= 4 is 16.3 Å². The van der Waals surface area contributed by atoms with Gasteiger partial charge in [0.05, 0.1) is 11.6 Å². The summed E-state index contributed by atoms with van der Waals surface area (Å²) in [6.45, 7) is 6.52. The van der Waals surface area contributed by atoms with Crippen LogP contribution in [-0.4, -0.2) is 0 Å². The van der Waals surface area contributed by atoms with Crippen LogP contribution in [0.3, 0.4) is 0 Å². The molecule has 1 nitrogen and oxygen atoms in total. The third-order valence-electron chi connectivity index (χ3n) is 4.43. The molecule has 0 saturated carbocycles. The smallest absolute Gasteiger partial charge is 0.0998 e. The third kappa shape index (κ3) is 1.85. The van der Waals surface area contributed by atoms with Crippen LogP contribution in [0.1, 0.15) is 38.3 Å². The van der Waals surface area contributed by atoms with Crippen molar-refractivity contribution in [2.24, 2.45) is 0 Å². The molecule has 0 atom stereocenters. The molecule has 0 heterocycles. The number of allylic oxidation sites excluding steroid dienone is 4. The number of hydrogen-bond donors (Lipinski definition) is 0. The van der Waals surface area contributed by atoms with E-state index in [-0.39, 0.29) is 0 Å². The minimum absolute atomic E-state index is 0.778. The molecule has 0 saturated heterocycles. The molecule has 0 fully saturated rings. The summed E-state index contributed by atoms with van der Waals surface area (Å²) in [5.41, 5.74) is 7.30. The number of fused-ring (bicyclic) bond motifs is 1. The Morgan fingerprint density at radius 2 is 1.60 bits per heavy atom. The summed E-state index contributed by atoms with van der Waals surface area (Å²) in [4.78, 5) is 0. The van der Waals surface area contributed by atoms with Crippen molar-refractivity contribution in [2.75, 3.05) is 0 Å². The van der Waals surface area contributed by atoms with Gasteiger partial charge in [-0.3, -0.25) is 0 Å². The first kappa shape index (κ1) is 12.7. The summed E-state index contributed by atoms with van der Waals surface area (Å²) in [6.07, 6.45) is 0.963. The van der Waals surface area contributed by atoms with E-state index in [0.717, 1.165) is 22.9 Å². The van der Waals surface area contributed by atoms with Gasteiger partial charge in [0.25, 0.3) is 0 Å². The monoisotopic (exact) mass is 259 g/mol. The van der Waals surface area contributed by atoms with E-state index in [4.69, 9.17) is 0 Å². The van der Waals surface area contributed by atoms with E-state index in [0.29, 0.717) is 0 Å². The summed E-state index contributed by atoms with van der Waals surface area (Å²) in [5, 5.41) is 11.8. The summed E-state index contributed by atoms with van der Waals surface area (Å²) >= 11 is 0. The predicted octanol–water partition coefficient (Wildman–Crippen LogP) is 5.23. The number of nitriles is 1. The number of hydrogen-bond acceptors (Lipinski definition) is 1. The molecule has 1 aliphatic carbocycles. The fourth-order valence-corrected chi connectivity index (χ4v) is 2.96. The lowest BCUT2D eigenvalue weighted by atomic mass is 9.93. The van der Waals surface area contributed by atoms with E-state index < -0.39 is 0 Å². The summed E-state index contributed by atoms with van der Waals surface area (Å²) in [7, 11) is 0. The molecule has 20 heavy (non-hydrogen) atoms. The van der Waals surface area contributed by atoms with Crippen LogP contribution in [0.5, 0.6) is 0 Å². The first-order valence-electron chi connectivity index (χ1n) is 6.91. The van der Waals surface area contributed by atoms with Crippen LogP contribution in [-0.2, 0) is 0 Å². The average Bonchev–Trinajstić information content (AvgIpc) is 2.73. The molecule has 98 valence electrons. The van der Waals surface area contributed by atoms with Crippen molar-refractivity contribution in [2.45, 2.75) is 27.2 Å².